The number of rotatable bonds is 10. The second-order valence-corrected chi connectivity index (χ2v) is 5.78. The number of ketones is 1. The maximum atomic E-state index is 10.7. The Morgan fingerprint density at radius 2 is 2.00 bits per heavy atom. The van der Waals surface area contributed by atoms with Crippen LogP contribution in [0.15, 0.2) is 12.2 Å². The van der Waals surface area contributed by atoms with Crippen LogP contribution in [0.25, 0.3) is 0 Å². The highest BCUT2D eigenvalue weighted by molar-refractivity contribution is 5.87. The number of carbonyl (C=O) groups is 1. The Balaban J connectivity index is 3.64. The Labute approximate surface area is 113 Å². The molecule has 0 spiro atoms. The van der Waals surface area contributed by atoms with Gasteiger partial charge in [0.05, 0.1) is 5.60 Å². The van der Waals surface area contributed by atoms with E-state index in [-0.39, 0.29) is 11.4 Å². The number of hydrogen-bond donors (Lipinski definition) is 0. The topological polar surface area (TPSA) is 26.3 Å². The van der Waals surface area contributed by atoms with Gasteiger partial charge in [0, 0.05) is 6.61 Å². The van der Waals surface area contributed by atoms with E-state index in [1.807, 2.05) is 13.0 Å². The molecule has 2 heteroatoms. The van der Waals surface area contributed by atoms with E-state index in [1.54, 1.807) is 13.0 Å². The SMILES string of the molecule is CCOC(C)(C)CCCC(C)CC/C=C/C(C)=O. The molecular weight excluding hydrogens is 224 g/mol. The third-order valence-electron chi connectivity index (χ3n) is 3.19. The third-order valence-corrected chi connectivity index (χ3v) is 3.19. The number of carbonyl (C=O) groups excluding carboxylic acids is 1. The molecule has 106 valence electrons. The molecule has 0 fully saturated rings. The monoisotopic (exact) mass is 254 g/mol. The Kier molecular flexibility index (Phi) is 8.99. The minimum absolute atomic E-state index is 0.0169. The van der Waals surface area contributed by atoms with Crippen LogP contribution < -0.4 is 0 Å². The van der Waals surface area contributed by atoms with E-state index in [2.05, 4.69) is 20.8 Å². The fourth-order valence-corrected chi connectivity index (χ4v) is 2.11. The first-order chi connectivity index (χ1) is 8.37. The lowest BCUT2D eigenvalue weighted by atomic mass is 9.94. The van der Waals surface area contributed by atoms with Gasteiger partial charge >= 0.3 is 0 Å². The molecule has 0 radical (unpaired) electrons. The maximum Gasteiger partial charge on any atom is 0.152 e. The quantitative estimate of drug-likeness (QED) is 0.535. The molecule has 2 nitrogen and oxygen atoms in total. The molecule has 0 N–H and O–H groups in total. The summed E-state index contributed by atoms with van der Waals surface area (Å²) < 4.78 is 5.69. The van der Waals surface area contributed by atoms with Gasteiger partial charge < -0.3 is 4.74 Å². The van der Waals surface area contributed by atoms with Crippen molar-refractivity contribution < 1.29 is 9.53 Å². The summed E-state index contributed by atoms with van der Waals surface area (Å²) in [4.78, 5) is 10.7. The lowest BCUT2D eigenvalue weighted by Gasteiger charge is -2.25. The first-order valence-electron chi connectivity index (χ1n) is 7.18. The van der Waals surface area contributed by atoms with Crippen LogP contribution in [0.1, 0.15) is 66.7 Å². The van der Waals surface area contributed by atoms with E-state index in [4.69, 9.17) is 4.74 Å². The van der Waals surface area contributed by atoms with Crippen LogP contribution >= 0.6 is 0 Å². The standard InChI is InChI=1S/C16H30O2/c1-6-18-16(4,5)13-9-11-14(2)10-7-8-12-15(3)17/h8,12,14H,6-7,9-11,13H2,1-5H3/b12-8+. The molecule has 1 unspecified atom stereocenters. The van der Waals surface area contributed by atoms with Crippen molar-refractivity contribution in [2.24, 2.45) is 5.92 Å². The molecule has 0 saturated carbocycles. The molecule has 0 aliphatic carbocycles. The first kappa shape index (κ1) is 17.4. The first-order valence-corrected chi connectivity index (χ1v) is 7.18. The van der Waals surface area contributed by atoms with Crippen LogP contribution in [0, 0.1) is 5.92 Å². The third kappa shape index (κ3) is 10.5. The lowest BCUT2D eigenvalue weighted by molar-refractivity contribution is -0.112. The molecule has 0 heterocycles. The zero-order valence-corrected chi connectivity index (χ0v) is 12.8. The van der Waals surface area contributed by atoms with Gasteiger partial charge in [-0.2, -0.15) is 0 Å². The van der Waals surface area contributed by atoms with Gasteiger partial charge in [-0.1, -0.05) is 25.8 Å². The van der Waals surface area contributed by atoms with E-state index < -0.39 is 0 Å². The minimum Gasteiger partial charge on any atom is -0.376 e. The van der Waals surface area contributed by atoms with Crippen LogP contribution in [0.3, 0.4) is 0 Å². The highest BCUT2D eigenvalue weighted by Crippen LogP contribution is 2.21. The van der Waals surface area contributed by atoms with Crippen molar-refractivity contribution in [3.8, 4) is 0 Å². The summed E-state index contributed by atoms with van der Waals surface area (Å²) in [5.74, 6) is 0.861. The average Bonchev–Trinajstić information content (AvgIpc) is 2.23. The predicted molar refractivity (Wildman–Crippen MR) is 77.8 cm³/mol. The number of allylic oxidation sites excluding steroid dienone is 2. The summed E-state index contributed by atoms with van der Waals surface area (Å²) >= 11 is 0. The van der Waals surface area contributed by atoms with Crippen molar-refractivity contribution in [1.29, 1.82) is 0 Å². The number of hydrogen-bond acceptors (Lipinski definition) is 2. The van der Waals surface area contributed by atoms with Crippen LogP contribution in [0.4, 0.5) is 0 Å². The molecule has 1 atom stereocenters. The Morgan fingerprint density at radius 1 is 1.33 bits per heavy atom. The second kappa shape index (κ2) is 9.32. The van der Waals surface area contributed by atoms with Crippen LogP contribution in [0.2, 0.25) is 0 Å². The fraction of sp³-hybridized carbons (Fsp3) is 0.812. The van der Waals surface area contributed by atoms with Crippen molar-refractivity contribution in [1.82, 2.24) is 0 Å². The second-order valence-electron chi connectivity index (χ2n) is 5.78. The van der Waals surface area contributed by atoms with E-state index in [1.165, 1.54) is 19.3 Å². The smallest absolute Gasteiger partial charge is 0.152 e. The normalized spacial score (nSPS) is 14.1. The molecule has 0 aromatic carbocycles. The summed E-state index contributed by atoms with van der Waals surface area (Å²) in [5, 5.41) is 0. The van der Waals surface area contributed by atoms with Crippen molar-refractivity contribution in [3.63, 3.8) is 0 Å². The van der Waals surface area contributed by atoms with E-state index in [9.17, 15) is 4.79 Å². The molecule has 0 aromatic rings. The highest BCUT2D eigenvalue weighted by Gasteiger charge is 2.17. The van der Waals surface area contributed by atoms with Gasteiger partial charge in [0.15, 0.2) is 5.78 Å². The zero-order chi connectivity index (χ0) is 14.0. The largest absolute Gasteiger partial charge is 0.376 e. The highest BCUT2D eigenvalue weighted by atomic mass is 16.5. The van der Waals surface area contributed by atoms with Crippen molar-refractivity contribution in [3.05, 3.63) is 12.2 Å². The molecule has 18 heavy (non-hydrogen) atoms. The van der Waals surface area contributed by atoms with Gasteiger partial charge in [-0.05, 0) is 59.0 Å². The summed E-state index contributed by atoms with van der Waals surface area (Å²) in [6.45, 7) is 11.0. The molecule has 0 bridgehead atoms. The van der Waals surface area contributed by atoms with Crippen LogP contribution in [-0.2, 0) is 9.53 Å². The average molecular weight is 254 g/mol. The Hall–Kier alpha value is -0.630. The Bertz CT molecular complexity index is 254. The molecule has 0 aromatic heterocycles. The van der Waals surface area contributed by atoms with E-state index in [0.717, 1.165) is 25.4 Å². The summed E-state index contributed by atoms with van der Waals surface area (Å²) in [7, 11) is 0. The van der Waals surface area contributed by atoms with Crippen LogP contribution in [-0.4, -0.2) is 18.0 Å². The Morgan fingerprint density at radius 3 is 2.56 bits per heavy atom. The molecule has 0 rings (SSSR count). The zero-order valence-electron chi connectivity index (χ0n) is 12.8. The van der Waals surface area contributed by atoms with Gasteiger partial charge in [-0.25, -0.2) is 0 Å². The van der Waals surface area contributed by atoms with Crippen LogP contribution in [0.5, 0.6) is 0 Å². The van der Waals surface area contributed by atoms with Gasteiger partial charge in [-0.3, -0.25) is 4.79 Å². The van der Waals surface area contributed by atoms with E-state index in [0.29, 0.717) is 0 Å². The van der Waals surface area contributed by atoms with Gasteiger partial charge in [0.2, 0.25) is 0 Å². The van der Waals surface area contributed by atoms with E-state index >= 15 is 0 Å². The van der Waals surface area contributed by atoms with Crippen molar-refractivity contribution in [2.45, 2.75) is 72.3 Å². The predicted octanol–water partition coefficient (Wildman–Crippen LogP) is 4.53. The van der Waals surface area contributed by atoms with Gasteiger partial charge in [0.1, 0.15) is 0 Å². The number of ether oxygens (including phenoxy) is 1. The van der Waals surface area contributed by atoms with Gasteiger partial charge in [-0.15, -0.1) is 0 Å². The molecule has 0 amide bonds. The van der Waals surface area contributed by atoms with Crippen molar-refractivity contribution >= 4 is 5.78 Å². The summed E-state index contributed by atoms with van der Waals surface area (Å²) in [6, 6.07) is 0. The minimum atomic E-state index is 0.0169. The summed E-state index contributed by atoms with van der Waals surface area (Å²) in [5.41, 5.74) is 0.0169. The maximum absolute atomic E-state index is 10.7. The lowest BCUT2D eigenvalue weighted by Crippen LogP contribution is -2.24. The van der Waals surface area contributed by atoms with Crippen molar-refractivity contribution in [2.75, 3.05) is 6.61 Å². The molecular formula is C16H30O2. The fourth-order valence-electron chi connectivity index (χ4n) is 2.11. The molecule has 0 aliphatic heterocycles. The molecule has 0 aliphatic rings. The summed E-state index contributed by atoms with van der Waals surface area (Å²) in [6.07, 6.45) is 9.41. The molecule has 0 saturated heterocycles. The van der Waals surface area contributed by atoms with Gasteiger partial charge in [0.25, 0.3) is 0 Å².